The van der Waals surface area contributed by atoms with E-state index in [9.17, 15) is 0 Å². The third-order valence-electron chi connectivity index (χ3n) is 3.22. The molecular weight excluding hydrogens is 250 g/mol. The first-order valence-corrected chi connectivity index (χ1v) is 6.29. The number of benzene rings is 2. The van der Waals surface area contributed by atoms with Crippen LogP contribution in [-0.4, -0.2) is 19.4 Å². The van der Waals surface area contributed by atoms with Crippen LogP contribution in [0.1, 0.15) is 0 Å². The standard InChI is InChI=1S/C15H11N5/c16-14-18-13(10-6-2-1-3-7-10)20-12-9-5-4-8-11(12)17-15(20)19-14/h1-9H,(H2,16,17,19). The normalized spacial score (nSPS) is 11.2. The molecule has 5 nitrogen and oxygen atoms in total. The van der Waals surface area contributed by atoms with E-state index >= 15 is 0 Å². The van der Waals surface area contributed by atoms with Crippen LogP contribution in [0.25, 0.3) is 28.2 Å². The van der Waals surface area contributed by atoms with Crippen LogP contribution in [-0.2, 0) is 0 Å². The Balaban J connectivity index is 2.19. The van der Waals surface area contributed by atoms with Gasteiger partial charge in [-0.15, -0.1) is 0 Å². The fourth-order valence-electron chi connectivity index (χ4n) is 2.36. The van der Waals surface area contributed by atoms with E-state index in [1.165, 1.54) is 0 Å². The zero-order chi connectivity index (χ0) is 13.5. The Kier molecular flexibility index (Phi) is 2.20. The summed E-state index contributed by atoms with van der Waals surface area (Å²) in [5, 5.41) is 0. The van der Waals surface area contributed by atoms with Gasteiger partial charge in [0.2, 0.25) is 11.7 Å². The summed E-state index contributed by atoms with van der Waals surface area (Å²) in [6.45, 7) is 0. The number of nitrogens with zero attached hydrogens (tertiary/aromatic N) is 4. The minimum Gasteiger partial charge on any atom is -0.368 e. The summed E-state index contributed by atoms with van der Waals surface area (Å²) in [6, 6.07) is 17.8. The van der Waals surface area contributed by atoms with Crippen LogP contribution in [0.3, 0.4) is 0 Å². The zero-order valence-corrected chi connectivity index (χ0v) is 10.6. The molecule has 0 unspecified atom stereocenters. The molecule has 0 amide bonds. The number of nitrogens with two attached hydrogens (primary N) is 1. The highest BCUT2D eigenvalue weighted by Crippen LogP contribution is 2.23. The molecule has 96 valence electrons. The van der Waals surface area contributed by atoms with Crippen molar-refractivity contribution in [2.75, 3.05) is 5.73 Å². The maximum absolute atomic E-state index is 5.81. The van der Waals surface area contributed by atoms with Crippen molar-refractivity contribution in [1.29, 1.82) is 0 Å². The smallest absolute Gasteiger partial charge is 0.239 e. The molecule has 2 heterocycles. The molecule has 2 aromatic heterocycles. The molecule has 0 fully saturated rings. The molecule has 0 saturated carbocycles. The second kappa shape index (κ2) is 4.03. The van der Waals surface area contributed by atoms with E-state index in [1.807, 2.05) is 59.0 Å². The quantitative estimate of drug-likeness (QED) is 0.571. The Morgan fingerprint density at radius 3 is 2.40 bits per heavy atom. The molecule has 4 aromatic rings. The number of para-hydroxylation sites is 2. The lowest BCUT2D eigenvalue weighted by atomic mass is 10.2. The Hall–Kier alpha value is -2.95. The second-order valence-corrected chi connectivity index (χ2v) is 4.51. The molecule has 4 rings (SSSR count). The van der Waals surface area contributed by atoms with Gasteiger partial charge in [0.25, 0.3) is 0 Å². The lowest BCUT2D eigenvalue weighted by Gasteiger charge is -2.06. The van der Waals surface area contributed by atoms with Crippen LogP contribution in [0, 0.1) is 0 Å². The first kappa shape index (κ1) is 10.9. The number of aromatic nitrogens is 4. The molecule has 0 atom stereocenters. The minimum absolute atomic E-state index is 0.228. The first-order chi connectivity index (χ1) is 9.83. The predicted molar refractivity (Wildman–Crippen MR) is 78.1 cm³/mol. The van der Waals surface area contributed by atoms with Crippen molar-refractivity contribution in [2.45, 2.75) is 0 Å². The summed E-state index contributed by atoms with van der Waals surface area (Å²) in [5.74, 6) is 1.55. The Morgan fingerprint density at radius 2 is 1.55 bits per heavy atom. The average molecular weight is 261 g/mol. The Bertz CT molecular complexity index is 912. The van der Waals surface area contributed by atoms with Gasteiger partial charge in [-0.3, -0.25) is 4.40 Å². The summed E-state index contributed by atoms with van der Waals surface area (Å²) in [7, 11) is 0. The third kappa shape index (κ3) is 1.53. The van der Waals surface area contributed by atoms with Crippen molar-refractivity contribution in [3.05, 3.63) is 54.6 Å². The lowest BCUT2D eigenvalue weighted by Crippen LogP contribution is -2.03. The van der Waals surface area contributed by atoms with Crippen LogP contribution in [0.15, 0.2) is 54.6 Å². The highest BCUT2D eigenvalue weighted by atomic mass is 15.2. The first-order valence-electron chi connectivity index (χ1n) is 6.29. The number of hydrogen-bond acceptors (Lipinski definition) is 4. The SMILES string of the molecule is Nc1nc(-c2ccccc2)n2c(n1)nc1ccccc12. The van der Waals surface area contributed by atoms with Gasteiger partial charge in [-0.05, 0) is 12.1 Å². The number of rotatable bonds is 1. The van der Waals surface area contributed by atoms with E-state index in [0.717, 1.165) is 22.4 Å². The molecular formula is C15H11N5. The third-order valence-corrected chi connectivity index (χ3v) is 3.22. The monoisotopic (exact) mass is 261 g/mol. The number of fused-ring (bicyclic) bond motifs is 3. The van der Waals surface area contributed by atoms with Crippen LogP contribution in [0.2, 0.25) is 0 Å². The molecule has 0 bridgehead atoms. The summed E-state index contributed by atoms with van der Waals surface area (Å²) in [6.07, 6.45) is 0. The van der Waals surface area contributed by atoms with Crippen molar-refractivity contribution in [1.82, 2.24) is 19.4 Å². The Morgan fingerprint density at radius 1 is 0.800 bits per heavy atom. The van der Waals surface area contributed by atoms with E-state index in [4.69, 9.17) is 5.73 Å². The zero-order valence-electron chi connectivity index (χ0n) is 10.6. The van der Waals surface area contributed by atoms with Gasteiger partial charge in [0.05, 0.1) is 11.0 Å². The number of anilines is 1. The lowest BCUT2D eigenvalue weighted by molar-refractivity contribution is 1.05. The second-order valence-electron chi connectivity index (χ2n) is 4.51. The van der Waals surface area contributed by atoms with Crippen molar-refractivity contribution < 1.29 is 0 Å². The fourth-order valence-corrected chi connectivity index (χ4v) is 2.36. The molecule has 20 heavy (non-hydrogen) atoms. The fraction of sp³-hybridized carbons (Fsp3) is 0. The molecule has 0 radical (unpaired) electrons. The van der Waals surface area contributed by atoms with Crippen molar-refractivity contribution in [2.24, 2.45) is 0 Å². The molecule has 2 N–H and O–H groups in total. The largest absolute Gasteiger partial charge is 0.368 e. The summed E-state index contributed by atoms with van der Waals surface area (Å²) >= 11 is 0. The van der Waals surface area contributed by atoms with Gasteiger partial charge in [0, 0.05) is 5.56 Å². The number of imidazole rings is 1. The van der Waals surface area contributed by atoms with E-state index in [0.29, 0.717) is 5.78 Å². The van der Waals surface area contributed by atoms with E-state index in [-0.39, 0.29) is 5.95 Å². The van der Waals surface area contributed by atoms with Crippen molar-refractivity contribution in [3.8, 4) is 11.4 Å². The highest BCUT2D eigenvalue weighted by Gasteiger charge is 2.12. The molecule has 0 aliphatic rings. The number of hydrogen-bond donors (Lipinski definition) is 1. The summed E-state index contributed by atoms with van der Waals surface area (Å²) in [4.78, 5) is 13.1. The van der Waals surface area contributed by atoms with E-state index in [1.54, 1.807) is 0 Å². The highest BCUT2D eigenvalue weighted by molar-refractivity contribution is 5.82. The molecule has 5 heteroatoms. The van der Waals surface area contributed by atoms with Crippen LogP contribution >= 0.6 is 0 Å². The number of nitrogen functional groups attached to an aromatic ring is 1. The van der Waals surface area contributed by atoms with Crippen molar-refractivity contribution >= 4 is 22.8 Å². The van der Waals surface area contributed by atoms with Gasteiger partial charge < -0.3 is 5.73 Å². The maximum Gasteiger partial charge on any atom is 0.239 e. The summed E-state index contributed by atoms with van der Waals surface area (Å²) in [5.41, 5.74) is 8.64. The molecule has 0 aliphatic heterocycles. The van der Waals surface area contributed by atoms with Gasteiger partial charge in [0.15, 0.2) is 5.82 Å². The molecule has 0 aliphatic carbocycles. The minimum atomic E-state index is 0.228. The average Bonchev–Trinajstić information content (AvgIpc) is 2.85. The maximum atomic E-state index is 5.81. The Labute approximate surface area is 114 Å². The van der Waals surface area contributed by atoms with E-state index < -0.39 is 0 Å². The van der Waals surface area contributed by atoms with Crippen LogP contribution in [0.5, 0.6) is 0 Å². The molecule has 0 saturated heterocycles. The van der Waals surface area contributed by atoms with Gasteiger partial charge >= 0.3 is 0 Å². The van der Waals surface area contributed by atoms with Crippen LogP contribution < -0.4 is 5.73 Å². The van der Waals surface area contributed by atoms with Gasteiger partial charge in [-0.2, -0.15) is 9.97 Å². The van der Waals surface area contributed by atoms with Gasteiger partial charge in [0.1, 0.15) is 0 Å². The van der Waals surface area contributed by atoms with E-state index in [2.05, 4.69) is 15.0 Å². The van der Waals surface area contributed by atoms with Crippen molar-refractivity contribution in [3.63, 3.8) is 0 Å². The van der Waals surface area contributed by atoms with Gasteiger partial charge in [-0.1, -0.05) is 42.5 Å². The molecule has 2 aromatic carbocycles. The topological polar surface area (TPSA) is 69.1 Å². The molecule has 0 spiro atoms. The predicted octanol–water partition coefficient (Wildman–Crippen LogP) is 2.53. The van der Waals surface area contributed by atoms with Crippen LogP contribution in [0.4, 0.5) is 5.95 Å². The van der Waals surface area contributed by atoms with Gasteiger partial charge in [-0.25, -0.2) is 4.98 Å². The summed E-state index contributed by atoms with van der Waals surface area (Å²) < 4.78 is 1.93.